The molecule has 0 unspecified atom stereocenters. The quantitative estimate of drug-likeness (QED) is 0.867. The first-order valence-electron chi connectivity index (χ1n) is 6.35. The lowest BCUT2D eigenvalue weighted by molar-refractivity contribution is -0.125. The van der Waals surface area contributed by atoms with Crippen LogP contribution in [0.5, 0.6) is 11.5 Å². The molecule has 106 valence electrons. The topological polar surface area (TPSA) is 51.6 Å². The highest BCUT2D eigenvalue weighted by Crippen LogP contribution is 2.26. The number of pyridine rings is 1. The van der Waals surface area contributed by atoms with Crippen LogP contribution < -0.4 is 4.74 Å². The predicted molar refractivity (Wildman–Crippen MR) is 78.4 cm³/mol. The predicted octanol–water partition coefficient (Wildman–Crippen LogP) is 2.64. The molecule has 0 bridgehead atoms. The fraction of sp³-hybridized carbons (Fsp3) is 0.188. The average molecular weight is 302 g/mol. The summed E-state index contributed by atoms with van der Waals surface area (Å²) in [5.74, 6) is 6.78. The Hall–Kier alpha value is -2.22. The number of aromatic nitrogens is 1. The molecule has 3 rings (SSSR count). The maximum atomic E-state index is 9.38. The zero-order valence-electron chi connectivity index (χ0n) is 11.0. The van der Waals surface area contributed by atoms with Gasteiger partial charge in [-0.1, -0.05) is 17.5 Å². The Morgan fingerprint density at radius 2 is 2.00 bits per heavy atom. The number of benzene rings is 1. The summed E-state index contributed by atoms with van der Waals surface area (Å²) in [5.41, 5.74) is -0.0415. The number of halogens is 1. The van der Waals surface area contributed by atoms with Crippen LogP contribution >= 0.6 is 11.6 Å². The zero-order valence-corrected chi connectivity index (χ0v) is 11.8. The van der Waals surface area contributed by atoms with Crippen molar-refractivity contribution in [3.05, 3.63) is 53.3 Å². The summed E-state index contributed by atoms with van der Waals surface area (Å²) in [6, 6.07) is 8.66. The summed E-state index contributed by atoms with van der Waals surface area (Å²) in [5, 5.41) is 10.0. The van der Waals surface area contributed by atoms with Crippen molar-refractivity contribution in [3.63, 3.8) is 0 Å². The van der Waals surface area contributed by atoms with Crippen LogP contribution in [-0.2, 0) is 4.74 Å². The third-order valence-corrected chi connectivity index (χ3v) is 3.21. The Labute approximate surface area is 127 Å². The Bertz CT molecular complexity index is 699. The van der Waals surface area contributed by atoms with E-state index in [4.69, 9.17) is 21.1 Å². The Morgan fingerprint density at radius 3 is 2.62 bits per heavy atom. The Balaban J connectivity index is 1.80. The first kappa shape index (κ1) is 13.7. The van der Waals surface area contributed by atoms with Gasteiger partial charge in [0.1, 0.15) is 24.7 Å². The van der Waals surface area contributed by atoms with Crippen molar-refractivity contribution >= 4 is 11.6 Å². The minimum atomic E-state index is -0.667. The number of nitrogens with zero attached hydrogens (tertiary/aromatic N) is 1. The summed E-state index contributed by atoms with van der Waals surface area (Å²) in [4.78, 5) is 3.88. The molecule has 1 aliphatic heterocycles. The minimum absolute atomic E-state index is 0.0827. The number of rotatable bonds is 2. The van der Waals surface area contributed by atoms with Gasteiger partial charge in [0.2, 0.25) is 5.60 Å². The maximum absolute atomic E-state index is 9.38. The first-order valence-corrected chi connectivity index (χ1v) is 6.73. The van der Waals surface area contributed by atoms with E-state index in [1.165, 1.54) is 6.20 Å². The van der Waals surface area contributed by atoms with Gasteiger partial charge in [-0.05, 0) is 36.3 Å². The van der Waals surface area contributed by atoms with Crippen LogP contribution in [-0.4, -0.2) is 28.9 Å². The maximum Gasteiger partial charge on any atom is 0.215 e. The van der Waals surface area contributed by atoms with Gasteiger partial charge in [0, 0.05) is 16.8 Å². The molecule has 2 heterocycles. The molecule has 21 heavy (non-hydrogen) atoms. The van der Waals surface area contributed by atoms with Gasteiger partial charge in [-0.15, -0.1) is 0 Å². The number of hydrogen-bond donors (Lipinski definition) is 1. The smallest absolute Gasteiger partial charge is 0.215 e. The summed E-state index contributed by atoms with van der Waals surface area (Å²) in [7, 11) is 0. The number of ether oxygens (including phenoxy) is 2. The molecule has 5 heteroatoms. The normalized spacial score (nSPS) is 15.5. The highest BCUT2D eigenvalue weighted by atomic mass is 35.5. The molecule has 0 amide bonds. The molecule has 1 N–H and O–H groups in total. The number of hydrogen-bond acceptors (Lipinski definition) is 4. The monoisotopic (exact) mass is 301 g/mol. The van der Waals surface area contributed by atoms with E-state index in [-0.39, 0.29) is 5.75 Å². The van der Waals surface area contributed by atoms with Gasteiger partial charge in [-0.2, -0.15) is 0 Å². The van der Waals surface area contributed by atoms with E-state index in [1.54, 1.807) is 36.5 Å². The van der Waals surface area contributed by atoms with E-state index in [1.807, 2.05) is 0 Å². The lowest BCUT2D eigenvalue weighted by Gasteiger charge is -2.36. The van der Waals surface area contributed by atoms with Gasteiger partial charge in [0.25, 0.3) is 0 Å². The second-order valence-corrected chi connectivity index (χ2v) is 5.16. The SMILES string of the molecule is Oc1cncc(C#CC2(Oc3ccc(Cl)cc3)COC2)c1. The third kappa shape index (κ3) is 3.27. The van der Waals surface area contributed by atoms with Crippen LogP contribution in [0.25, 0.3) is 0 Å². The van der Waals surface area contributed by atoms with E-state index in [9.17, 15) is 5.11 Å². The van der Waals surface area contributed by atoms with Crippen LogP contribution in [0.3, 0.4) is 0 Å². The van der Waals surface area contributed by atoms with Crippen molar-refractivity contribution in [2.75, 3.05) is 13.2 Å². The van der Waals surface area contributed by atoms with Crippen molar-refractivity contribution < 1.29 is 14.6 Å². The summed E-state index contributed by atoms with van der Waals surface area (Å²) in [6.07, 6.45) is 2.94. The average Bonchev–Trinajstić information content (AvgIpc) is 2.44. The highest BCUT2D eigenvalue weighted by molar-refractivity contribution is 6.30. The molecule has 1 fully saturated rings. The first-order chi connectivity index (χ1) is 10.2. The molecular formula is C16H12ClNO3. The molecule has 0 saturated carbocycles. The second-order valence-electron chi connectivity index (χ2n) is 4.72. The molecule has 1 aliphatic rings. The summed E-state index contributed by atoms with van der Waals surface area (Å²) < 4.78 is 11.1. The summed E-state index contributed by atoms with van der Waals surface area (Å²) >= 11 is 5.85. The standard InChI is InChI=1S/C16H12ClNO3/c17-13-1-3-15(4-2-13)21-16(10-20-11-16)6-5-12-7-14(19)9-18-8-12/h1-4,7-9,19H,10-11H2. The van der Waals surface area contributed by atoms with Gasteiger partial charge in [0.05, 0.1) is 6.20 Å². The van der Waals surface area contributed by atoms with E-state index in [0.29, 0.717) is 29.5 Å². The van der Waals surface area contributed by atoms with Gasteiger partial charge in [-0.25, -0.2) is 0 Å². The molecule has 2 aromatic rings. The third-order valence-electron chi connectivity index (χ3n) is 2.96. The van der Waals surface area contributed by atoms with Gasteiger partial charge in [0.15, 0.2) is 0 Å². The van der Waals surface area contributed by atoms with Crippen LogP contribution in [0, 0.1) is 11.8 Å². The lowest BCUT2D eigenvalue weighted by atomic mass is 10.0. The second kappa shape index (κ2) is 5.65. The highest BCUT2D eigenvalue weighted by Gasteiger charge is 2.39. The van der Waals surface area contributed by atoms with Crippen molar-refractivity contribution in [2.24, 2.45) is 0 Å². The Kier molecular flexibility index (Phi) is 3.70. The molecule has 1 aromatic heterocycles. The molecule has 0 aliphatic carbocycles. The van der Waals surface area contributed by atoms with Crippen molar-refractivity contribution in [1.29, 1.82) is 0 Å². The lowest BCUT2D eigenvalue weighted by Crippen LogP contribution is -2.53. The van der Waals surface area contributed by atoms with Gasteiger partial charge < -0.3 is 14.6 Å². The molecule has 0 radical (unpaired) electrons. The van der Waals surface area contributed by atoms with Crippen molar-refractivity contribution in [2.45, 2.75) is 5.60 Å². The van der Waals surface area contributed by atoms with Gasteiger partial charge >= 0.3 is 0 Å². The van der Waals surface area contributed by atoms with Crippen LogP contribution in [0.4, 0.5) is 0 Å². The minimum Gasteiger partial charge on any atom is -0.506 e. The molecule has 0 atom stereocenters. The van der Waals surface area contributed by atoms with Crippen LogP contribution in [0.2, 0.25) is 5.02 Å². The van der Waals surface area contributed by atoms with Crippen LogP contribution in [0.15, 0.2) is 42.7 Å². The number of aromatic hydroxyl groups is 1. The van der Waals surface area contributed by atoms with E-state index >= 15 is 0 Å². The molecular weight excluding hydrogens is 290 g/mol. The molecule has 0 spiro atoms. The molecule has 4 nitrogen and oxygen atoms in total. The van der Waals surface area contributed by atoms with E-state index < -0.39 is 5.60 Å². The fourth-order valence-electron chi connectivity index (χ4n) is 1.85. The van der Waals surface area contributed by atoms with Crippen LogP contribution in [0.1, 0.15) is 5.56 Å². The Morgan fingerprint density at radius 1 is 1.24 bits per heavy atom. The van der Waals surface area contributed by atoms with E-state index in [0.717, 1.165) is 0 Å². The van der Waals surface area contributed by atoms with Crippen molar-refractivity contribution in [3.8, 4) is 23.3 Å². The molecule has 1 saturated heterocycles. The fourth-order valence-corrected chi connectivity index (χ4v) is 1.98. The van der Waals surface area contributed by atoms with Gasteiger partial charge in [-0.3, -0.25) is 4.98 Å². The zero-order chi connectivity index (χ0) is 14.7. The van der Waals surface area contributed by atoms with E-state index in [2.05, 4.69) is 16.8 Å². The summed E-state index contributed by atoms with van der Waals surface area (Å²) in [6.45, 7) is 0.795. The van der Waals surface area contributed by atoms with Crippen molar-refractivity contribution in [1.82, 2.24) is 4.98 Å². The largest absolute Gasteiger partial charge is 0.506 e. The molecule has 1 aromatic carbocycles.